The molecule has 146 valence electrons. The van der Waals surface area contributed by atoms with Crippen LogP contribution in [-0.2, 0) is 4.74 Å². The smallest absolute Gasteiger partial charge is 0.263 e. The largest absolute Gasteiger partial charge is 0.496 e. The Morgan fingerprint density at radius 3 is 2.96 bits per heavy atom. The number of carbonyl (C=O) groups is 1. The molecule has 2 heterocycles. The number of hydrogen-bond donors (Lipinski definition) is 0. The number of hydrogen-bond acceptors (Lipinski definition) is 5. The first kappa shape index (κ1) is 19.2. The number of benzene rings is 2. The predicted octanol–water partition coefficient (Wildman–Crippen LogP) is 5.09. The number of halogens is 1. The molecule has 7 heteroatoms. The highest BCUT2D eigenvalue weighted by Gasteiger charge is 2.28. The van der Waals surface area contributed by atoms with Gasteiger partial charge in [-0.3, -0.25) is 9.69 Å². The van der Waals surface area contributed by atoms with E-state index in [4.69, 9.17) is 26.1 Å². The number of fused-ring (bicyclic) bond motifs is 1. The van der Waals surface area contributed by atoms with E-state index in [2.05, 4.69) is 6.07 Å². The number of methoxy groups -OCH3 is 1. The molecule has 0 radical (unpaired) electrons. The number of rotatable bonds is 5. The van der Waals surface area contributed by atoms with Crippen molar-refractivity contribution in [3.8, 4) is 5.75 Å². The molecule has 5 nitrogen and oxygen atoms in total. The van der Waals surface area contributed by atoms with Crippen molar-refractivity contribution >= 4 is 44.2 Å². The molecular formula is C21H21ClN2O3S. The lowest BCUT2D eigenvalue weighted by atomic mass is 10.1. The summed E-state index contributed by atoms with van der Waals surface area (Å²) in [6.45, 7) is 3.23. The van der Waals surface area contributed by atoms with E-state index in [0.717, 1.165) is 35.2 Å². The third kappa shape index (κ3) is 3.85. The quantitative estimate of drug-likeness (QED) is 0.581. The van der Waals surface area contributed by atoms with Gasteiger partial charge in [0.1, 0.15) is 5.75 Å². The van der Waals surface area contributed by atoms with E-state index < -0.39 is 0 Å². The molecule has 3 aromatic rings. The molecule has 1 unspecified atom stereocenters. The third-order valence-electron chi connectivity index (χ3n) is 4.81. The lowest BCUT2D eigenvalue weighted by Gasteiger charge is -2.24. The number of ether oxygens (including phenoxy) is 2. The van der Waals surface area contributed by atoms with Gasteiger partial charge in [0.2, 0.25) is 0 Å². The highest BCUT2D eigenvalue weighted by molar-refractivity contribution is 7.22. The first-order valence-corrected chi connectivity index (χ1v) is 10.4. The zero-order chi connectivity index (χ0) is 19.7. The summed E-state index contributed by atoms with van der Waals surface area (Å²) in [6, 6.07) is 11.2. The molecule has 0 bridgehead atoms. The Hall–Kier alpha value is -2.15. The van der Waals surface area contributed by atoms with Gasteiger partial charge in [0.15, 0.2) is 5.13 Å². The van der Waals surface area contributed by atoms with E-state index in [1.54, 1.807) is 30.2 Å². The second-order valence-corrected chi connectivity index (χ2v) is 8.31. The second kappa shape index (κ2) is 8.07. The third-order valence-corrected chi connectivity index (χ3v) is 6.09. The Kier molecular flexibility index (Phi) is 5.53. The normalized spacial score (nSPS) is 16.5. The van der Waals surface area contributed by atoms with Gasteiger partial charge in [0, 0.05) is 11.6 Å². The van der Waals surface area contributed by atoms with Gasteiger partial charge in [0.25, 0.3) is 5.91 Å². The fourth-order valence-corrected chi connectivity index (χ4v) is 4.61. The number of anilines is 1. The number of carbonyl (C=O) groups excluding carboxylic acids is 1. The first-order chi connectivity index (χ1) is 13.5. The topological polar surface area (TPSA) is 51.7 Å². The Labute approximate surface area is 172 Å². The molecule has 1 atom stereocenters. The van der Waals surface area contributed by atoms with Crippen LogP contribution in [0.15, 0.2) is 36.4 Å². The maximum absolute atomic E-state index is 13.5. The summed E-state index contributed by atoms with van der Waals surface area (Å²) in [4.78, 5) is 19.9. The molecule has 0 spiro atoms. The molecular weight excluding hydrogens is 396 g/mol. The van der Waals surface area contributed by atoms with Crippen LogP contribution in [0.2, 0.25) is 5.02 Å². The van der Waals surface area contributed by atoms with E-state index in [1.165, 1.54) is 11.3 Å². The van der Waals surface area contributed by atoms with E-state index in [9.17, 15) is 4.79 Å². The summed E-state index contributed by atoms with van der Waals surface area (Å²) in [6.07, 6.45) is 1.94. The van der Waals surface area contributed by atoms with Crippen LogP contribution in [0.3, 0.4) is 0 Å². The molecule has 0 aliphatic carbocycles. The molecule has 1 aliphatic heterocycles. The van der Waals surface area contributed by atoms with Crippen LogP contribution in [0.1, 0.15) is 28.8 Å². The Morgan fingerprint density at radius 2 is 2.21 bits per heavy atom. The van der Waals surface area contributed by atoms with Gasteiger partial charge in [-0.25, -0.2) is 4.98 Å². The maximum Gasteiger partial charge on any atom is 0.263 e. The molecule has 0 saturated carbocycles. The van der Waals surface area contributed by atoms with Crippen LogP contribution in [-0.4, -0.2) is 37.3 Å². The summed E-state index contributed by atoms with van der Waals surface area (Å²) in [5, 5.41) is 1.14. The van der Waals surface area contributed by atoms with Crippen LogP contribution in [0.4, 0.5) is 5.13 Å². The molecule has 1 saturated heterocycles. The summed E-state index contributed by atoms with van der Waals surface area (Å²) >= 11 is 7.66. The summed E-state index contributed by atoms with van der Waals surface area (Å²) in [5.41, 5.74) is 2.47. The van der Waals surface area contributed by atoms with Crippen molar-refractivity contribution in [3.63, 3.8) is 0 Å². The molecule has 0 N–H and O–H groups in total. The lowest BCUT2D eigenvalue weighted by molar-refractivity contribution is 0.0915. The fourth-order valence-electron chi connectivity index (χ4n) is 3.37. The van der Waals surface area contributed by atoms with Gasteiger partial charge in [-0.15, -0.1) is 0 Å². The van der Waals surface area contributed by atoms with Crippen LogP contribution in [0.25, 0.3) is 10.2 Å². The molecule has 1 amide bonds. The zero-order valence-corrected chi connectivity index (χ0v) is 17.3. The average molecular weight is 417 g/mol. The van der Waals surface area contributed by atoms with Crippen molar-refractivity contribution in [2.75, 3.05) is 25.2 Å². The van der Waals surface area contributed by atoms with Crippen LogP contribution >= 0.6 is 22.9 Å². The van der Waals surface area contributed by atoms with Gasteiger partial charge in [-0.05, 0) is 55.7 Å². The predicted molar refractivity (Wildman–Crippen MR) is 113 cm³/mol. The van der Waals surface area contributed by atoms with Gasteiger partial charge in [-0.1, -0.05) is 29.0 Å². The highest BCUT2D eigenvalue weighted by atomic mass is 35.5. The van der Waals surface area contributed by atoms with Gasteiger partial charge >= 0.3 is 0 Å². The zero-order valence-electron chi connectivity index (χ0n) is 15.8. The molecule has 4 rings (SSSR count). The van der Waals surface area contributed by atoms with E-state index in [-0.39, 0.29) is 12.0 Å². The van der Waals surface area contributed by atoms with Crippen molar-refractivity contribution < 1.29 is 14.3 Å². The van der Waals surface area contributed by atoms with Gasteiger partial charge in [-0.2, -0.15) is 0 Å². The van der Waals surface area contributed by atoms with E-state index in [1.807, 2.05) is 19.1 Å². The van der Waals surface area contributed by atoms with Crippen molar-refractivity contribution in [2.45, 2.75) is 25.9 Å². The highest BCUT2D eigenvalue weighted by Crippen LogP contribution is 2.33. The van der Waals surface area contributed by atoms with Crippen molar-refractivity contribution in [2.24, 2.45) is 0 Å². The van der Waals surface area contributed by atoms with Gasteiger partial charge in [0.05, 0.1) is 35.5 Å². The number of nitrogens with zero attached hydrogens (tertiary/aromatic N) is 2. The second-order valence-electron chi connectivity index (χ2n) is 6.86. The van der Waals surface area contributed by atoms with Gasteiger partial charge < -0.3 is 9.47 Å². The Morgan fingerprint density at radius 1 is 1.36 bits per heavy atom. The van der Waals surface area contributed by atoms with Crippen LogP contribution < -0.4 is 9.64 Å². The minimum absolute atomic E-state index is 0.00266. The Balaban J connectivity index is 1.76. The van der Waals surface area contributed by atoms with Crippen LogP contribution in [0.5, 0.6) is 5.75 Å². The van der Waals surface area contributed by atoms with E-state index in [0.29, 0.717) is 28.0 Å². The number of aromatic nitrogens is 1. The Bertz CT molecular complexity index is 1010. The number of aryl methyl sites for hydroxylation is 1. The van der Waals surface area contributed by atoms with E-state index >= 15 is 0 Å². The molecule has 1 aliphatic rings. The lowest BCUT2D eigenvalue weighted by Crippen LogP contribution is -2.37. The van der Waals surface area contributed by atoms with Crippen LogP contribution in [0, 0.1) is 6.92 Å². The molecule has 28 heavy (non-hydrogen) atoms. The van der Waals surface area contributed by atoms with Crippen molar-refractivity contribution in [3.05, 3.63) is 52.5 Å². The number of thiazole rings is 1. The summed E-state index contributed by atoms with van der Waals surface area (Å²) in [5.74, 6) is 0.300. The fraction of sp³-hybridized carbons (Fsp3) is 0.333. The molecule has 1 fully saturated rings. The summed E-state index contributed by atoms with van der Waals surface area (Å²) in [7, 11) is 1.55. The molecule has 1 aromatic heterocycles. The monoisotopic (exact) mass is 416 g/mol. The summed E-state index contributed by atoms with van der Waals surface area (Å²) < 4.78 is 12.2. The average Bonchev–Trinajstić information content (AvgIpc) is 3.34. The minimum atomic E-state index is -0.189. The molecule has 2 aromatic carbocycles. The SMILES string of the molecule is COc1ccc(Cl)cc1C(=O)N(CC1CCCO1)c1nc2ccc(C)cc2s1. The minimum Gasteiger partial charge on any atom is -0.496 e. The number of amides is 1. The standard InChI is InChI=1S/C21H21ClN2O3S/c1-13-5-7-17-19(10-13)28-21(23-17)24(12-15-4-3-9-27-15)20(25)16-11-14(22)6-8-18(16)26-2/h5-8,10-11,15H,3-4,9,12H2,1-2H3. The first-order valence-electron chi connectivity index (χ1n) is 9.19. The van der Waals surface area contributed by atoms with Crippen molar-refractivity contribution in [1.29, 1.82) is 0 Å². The maximum atomic E-state index is 13.5. The van der Waals surface area contributed by atoms with Crippen molar-refractivity contribution in [1.82, 2.24) is 4.98 Å².